The zero-order valence-corrected chi connectivity index (χ0v) is 14.6. The normalized spacial score (nSPS) is 10.2. The van der Waals surface area contributed by atoms with Crippen molar-refractivity contribution in [1.82, 2.24) is 10.3 Å². The number of amides is 2. The largest absolute Gasteiger partial charge is 0.350 e. The fourth-order valence-electron chi connectivity index (χ4n) is 2.19. The Kier molecular flexibility index (Phi) is 5.87. The first-order valence-electron chi connectivity index (χ1n) is 7.17. The third kappa shape index (κ3) is 4.89. The molecule has 0 spiro atoms. The first-order chi connectivity index (χ1) is 11.0. The minimum Gasteiger partial charge on any atom is -0.350 e. The van der Waals surface area contributed by atoms with E-state index in [2.05, 4.69) is 26.2 Å². The highest BCUT2D eigenvalue weighted by atomic mass is 79.9. The molecule has 1 aromatic heterocycles. The summed E-state index contributed by atoms with van der Waals surface area (Å²) in [5.74, 6) is -0.390. The van der Waals surface area contributed by atoms with Crippen LogP contribution in [0.5, 0.6) is 0 Å². The topological polar surface area (TPSA) is 62.3 Å². The zero-order valence-electron chi connectivity index (χ0n) is 13.0. The molecule has 120 valence electrons. The summed E-state index contributed by atoms with van der Waals surface area (Å²) in [5, 5.41) is 2.80. The lowest BCUT2D eigenvalue weighted by Crippen LogP contribution is -2.40. The molecular formula is C17H18BrN3O2. The summed E-state index contributed by atoms with van der Waals surface area (Å²) < 4.78 is 0.934. The highest BCUT2D eigenvalue weighted by Crippen LogP contribution is 2.23. The molecular weight excluding hydrogens is 358 g/mol. The predicted molar refractivity (Wildman–Crippen MR) is 93.0 cm³/mol. The van der Waals surface area contributed by atoms with Gasteiger partial charge in [0, 0.05) is 36.0 Å². The number of hydrogen-bond donors (Lipinski definition) is 1. The fraction of sp³-hybridized carbons (Fsp3) is 0.235. The molecule has 0 saturated carbocycles. The maximum Gasteiger partial charge on any atom is 0.240 e. The summed E-state index contributed by atoms with van der Waals surface area (Å²) >= 11 is 3.40. The second kappa shape index (κ2) is 7.87. The fourth-order valence-corrected chi connectivity index (χ4v) is 2.67. The van der Waals surface area contributed by atoms with Gasteiger partial charge in [-0.25, -0.2) is 0 Å². The van der Waals surface area contributed by atoms with Crippen LogP contribution in [0.3, 0.4) is 0 Å². The molecule has 0 radical (unpaired) electrons. The van der Waals surface area contributed by atoms with Gasteiger partial charge in [-0.3, -0.25) is 14.6 Å². The average Bonchev–Trinajstić information content (AvgIpc) is 2.52. The van der Waals surface area contributed by atoms with Gasteiger partial charge in [0.15, 0.2) is 0 Å². The number of hydrogen-bond acceptors (Lipinski definition) is 3. The van der Waals surface area contributed by atoms with Crippen molar-refractivity contribution in [3.63, 3.8) is 0 Å². The van der Waals surface area contributed by atoms with Crippen molar-refractivity contribution in [1.29, 1.82) is 0 Å². The van der Waals surface area contributed by atoms with E-state index in [0.29, 0.717) is 6.54 Å². The Morgan fingerprint density at radius 3 is 2.70 bits per heavy atom. The molecule has 2 rings (SSSR count). The molecule has 0 aliphatic rings. The summed E-state index contributed by atoms with van der Waals surface area (Å²) in [7, 11) is 0. The van der Waals surface area contributed by atoms with Gasteiger partial charge in [0.2, 0.25) is 11.8 Å². The summed E-state index contributed by atoms with van der Waals surface area (Å²) in [6, 6.07) is 9.29. The molecule has 1 aromatic carbocycles. The van der Waals surface area contributed by atoms with Gasteiger partial charge < -0.3 is 10.2 Å². The monoisotopic (exact) mass is 375 g/mol. The van der Waals surface area contributed by atoms with Crippen molar-refractivity contribution in [3.05, 3.63) is 58.3 Å². The second-order valence-corrected chi connectivity index (χ2v) is 6.09. The lowest BCUT2D eigenvalue weighted by Gasteiger charge is -2.22. The lowest BCUT2D eigenvalue weighted by atomic mass is 10.2. The Labute approximate surface area is 143 Å². The van der Waals surface area contributed by atoms with Crippen LogP contribution in [0, 0.1) is 6.92 Å². The maximum absolute atomic E-state index is 12.1. The van der Waals surface area contributed by atoms with Crippen LogP contribution in [0.25, 0.3) is 0 Å². The summed E-state index contributed by atoms with van der Waals surface area (Å²) in [5.41, 5.74) is 2.57. The number of carbonyl (C=O) groups is 2. The van der Waals surface area contributed by atoms with E-state index in [4.69, 9.17) is 0 Å². The minimum absolute atomic E-state index is 0.0158. The van der Waals surface area contributed by atoms with E-state index in [-0.39, 0.29) is 18.4 Å². The lowest BCUT2D eigenvalue weighted by molar-refractivity contribution is -0.123. The van der Waals surface area contributed by atoms with E-state index < -0.39 is 0 Å². The SMILES string of the molecule is CC(=O)N(CC(=O)NCc1cccnc1)c1ccc(Br)cc1C. The van der Waals surface area contributed by atoms with Crippen molar-refractivity contribution in [3.8, 4) is 0 Å². The average molecular weight is 376 g/mol. The predicted octanol–water partition coefficient (Wildman–Crippen LogP) is 2.82. The molecule has 5 nitrogen and oxygen atoms in total. The molecule has 0 atom stereocenters. The molecule has 1 heterocycles. The highest BCUT2D eigenvalue weighted by Gasteiger charge is 2.17. The van der Waals surface area contributed by atoms with E-state index in [9.17, 15) is 9.59 Å². The Hall–Kier alpha value is -2.21. The Morgan fingerprint density at radius 1 is 1.30 bits per heavy atom. The first-order valence-corrected chi connectivity index (χ1v) is 7.96. The highest BCUT2D eigenvalue weighted by molar-refractivity contribution is 9.10. The van der Waals surface area contributed by atoms with Crippen LogP contribution < -0.4 is 10.2 Å². The van der Waals surface area contributed by atoms with Crippen LogP contribution >= 0.6 is 15.9 Å². The van der Waals surface area contributed by atoms with Gasteiger partial charge in [0.1, 0.15) is 6.54 Å². The number of halogens is 1. The Morgan fingerprint density at radius 2 is 2.09 bits per heavy atom. The summed E-state index contributed by atoms with van der Waals surface area (Å²) in [6.07, 6.45) is 3.38. The van der Waals surface area contributed by atoms with Crippen molar-refractivity contribution in [2.24, 2.45) is 0 Å². The molecule has 0 aliphatic heterocycles. The number of rotatable bonds is 5. The van der Waals surface area contributed by atoms with E-state index >= 15 is 0 Å². The molecule has 23 heavy (non-hydrogen) atoms. The third-order valence-corrected chi connectivity index (χ3v) is 3.84. The van der Waals surface area contributed by atoms with Crippen LogP contribution in [0.1, 0.15) is 18.1 Å². The standard InChI is InChI=1S/C17H18BrN3O2/c1-12-8-15(18)5-6-16(12)21(13(2)22)11-17(23)20-10-14-4-3-7-19-9-14/h3-9H,10-11H2,1-2H3,(H,20,23). The third-order valence-electron chi connectivity index (χ3n) is 3.34. The maximum atomic E-state index is 12.1. The first kappa shape index (κ1) is 17.1. The van der Waals surface area contributed by atoms with Gasteiger partial charge in [-0.15, -0.1) is 0 Å². The molecule has 6 heteroatoms. The second-order valence-electron chi connectivity index (χ2n) is 5.17. The van der Waals surface area contributed by atoms with Crippen LogP contribution in [-0.2, 0) is 16.1 Å². The van der Waals surface area contributed by atoms with Crippen molar-refractivity contribution in [2.75, 3.05) is 11.4 Å². The number of pyridine rings is 1. The number of aryl methyl sites for hydroxylation is 1. The number of carbonyl (C=O) groups excluding carboxylic acids is 2. The molecule has 0 saturated heterocycles. The van der Waals surface area contributed by atoms with Crippen LogP contribution in [0.2, 0.25) is 0 Å². The molecule has 0 fully saturated rings. The smallest absolute Gasteiger partial charge is 0.240 e. The van der Waals surface area contributed by atoms with Gasteiger partial charge in [0.05, 0.1) is 0 Å². The Bertz CT molecular complexity index is 704. The zero-order chi connectivity index (χ0) is 16.8. The van der Waals surface area contributed by atoms with Crippen LogP contribution in [-0.4, -0.2) is 23.3 Å². The van der Waals surface area contributed by atoms with Crippen molar-refractivity contribution < 1.29 is 9.59 Å². The summed E-state index contributed by atoms with van der Waals surface area (Å²) in [4.78, 5) is 29.5. The van der Waals surface area contributed by atoms with E-state index in [1.54, 1.807) is 12.4 Å². The molecule has 0 bridgehead atoms. The van der Waals surface area contributed by atoms with Crippen molar-refractivity contribution >= 4 is 33.4 Å². The van der Waals surface area contributed by atoms with Gasteiger partial charge in [0.25, 0.3) is 0 Å². The molecule has 2 aromatic rings. The molecule has 0 unspecified atom stereocenters. The van der Waals surface area contributed by atoms with Gasteiger partial charge >= 0.3 is 0 Å². The quantitative estimate of drug-likeness (QED) is 0.873. The number of benzene rings is 1. The van der Waals surface area contributed by atoms with Crippen LogP contribution in [0.15, 0.2) is 47.2 Å². The van der Waals surface area contributed by atoms with Gasteiger partial charge in [-0.2, -0.15) is 0 Å². The molecule has 1 N–H and O–H groups in total. The molecule has 0 aliphatic carbocycles. The molecule has 2 amide bonds. The van der Waals surface area contributed by atoms with Gasteiger partial charge in [-0.1, -0.05) is 22.0 Å². The number of nitrogens with zero attached hydrogens (tertiary/aromatic N) is 2. The minimum atomic E-state index is -0.216. The van der Waals surface area contributed by atoms with Gasteiger partial charge in [-0.05, 0) is 42.3 Å². The van der Waals surface area contributed by atoms with E-state index in [1.165, 1.54) is 11.8 Å². The van der Waals surface area contributed by atoms with Crippen LogP contribution in [0.4, 0.5) is 5.69 Å². The number of anilines is 1. The number of aromatic nitrogens is 1. The summed E-state index contributed by atoms with van der Waals surface area (Å²) in [6.45, 7) is 3.73. The Balaban J connectivity index is 2.04. The van der Waals surface area contributed by atoms with Crippen molar-refractivity contribution in [2.45, 2.75) is 20.4 Å². The number of nitrogens with one attached hydrogen (secondary N) is 1. The van der Waals surface area contributed by atoms with E-state index in [1.807, 2.05) is 37.3 Å². The van der Waals surface area contributed by atoms with E-state index in [0.717, 1.165) is 21.3 Å².